The van der Waals surface area contributed by atoms with Crippen LogP contribution >= 0.6 is 0 Å². The van der Waals surface area contributed by atoms with Crippen LogP contribution in [0.3, 0.4) is 0 Å². The topological polar surface area (TPSA) is 85.6 Å². The van der Waals surface area contributed by atoms with Gasteiger partial charge >= 0.3 is 0 Å². The average Bonchev–Trinajstić information content (AvgIpc) is 2.93. The van der Waals surface area contributed by atoms with Crippen molar-refractivity contribution >= 4 is 5.96 Å². The molecule has 0 aliphatic heterocycles. The molecule has 0 radical (unpaired) electrons. The number of aryl methyl sites for hydroxylation is 1. The third kappa shape index (κ3) is 9.72. The van der Waals surface area contributed by atoms with Gasteiger partial charge in [0.05, 0.1) is 0 Å². The van der Waals surface area contributed by atoms with E-state index in [1.165, 1.54) is 0 Å². The SMILES string of the molecule is CCOCCCNC(=NCc1nnc(C)n1C)NCCCOCC(C)C. The van der Waals surface area contributed by atoms with E-state index in [0.29, 0.717) is 12.5 Å². The van der Waals surface area contributed by atoms with Gasteiger partial charge in [-0.15, -0.1) is 10.2 Å². The van der Waals surface area contributed by atoms with Gasteiger partial charge in [0.25, 0.3) is 0 Å². The number of aromatic nitrogens is 3. The number of hydrogen-bond acceptors (Lipinski definition) is 5. The van der Waals surface area contributed by atoms with E-state index in [1.807, 2.05) is 25.5 Å². The van der Waals surface area contributed by atoms with Crippen LogP contribution in [0.15, 0.2) is 4.99 Å². The third-order valence-electron chi connectivity index (χ3n) is 3.73. The Kier molecular flexibility index (Phi) is 11.6. The number of rotatable bonds is 13. The predicted octanol–water partition coefficient (Wildman–Crippen LogP) is 1.65. The molecule has 8 nitrogen and oxygen atoms in total. The molecule has 26 heavy (non-hydrogen) atoms. The fourth-order valence-corrected chi connectivity index (χ4v) is 2.14. The maximum absolute atomic E-state index is 5.61. The van der Waals surface area contributed by atoms with E-state index in [4.69, 9.17) is 9.47 Å². The molecule has 1 aromatic rings. The first kappa shape index (κ1) is 22.4. The van der Waals surface area contributed by atoms with Crippen molar-refractivity contribution in [3.8, 4) is 0 Å². The highest BCUT2D eigenvalue weighted by molar-refractivity contribution is 5.79. The Morgan fingerprint density at radius 3 is 2.31 bits per heavy atom. The first-order valence-electron chi connectivity index (χ1n) is 9.57. The summed E-state index contributed by atoms with van der Waals surface area (Å²) in [7, 11) is 1.95. The second-order valence-corrected chi connectivity index (χ2v) is 6.61. The molecule has 1 heterocycles. The highest BCUT2D eigenvalue weighted by Gasteiger charge is 2.05. The molecule has 0 amide bonds. The summed E-state index contributed by atoms with van der Waals surface area (Å²) in [6, 6.07) is 0. The van der Waals surface area contributed by atoms with Crippen LogP contribution in [0.5, 0.6) is 0 Å². The molecule has 2 N–H and O–H groups in total. The number of nitrogens with one attached hydrogen (secondary N) is 2. The summed E-state index contributed by atoms with van der Waals surface area (Å²) in [4.78, 5) is 4.62. The van der Waals surface area contributed by atoms with E-state index >= 15 is 0 Å². The van der Waals surface area contributed by atoms with Crippen LogP contribution in [-0.2, 0) is 23.1 Å². The van der Waals surface area contributed by atoms with E-state index in [-0.39, 0.29) is 0 Å². The van der Waals surface area contributed by atoms with Crippen molar-refractivity contribution < 1.29 is 9.47 Å². The van der Waals surface area contributed by atoms with Gasteiger partial charge in [-0.05, 0) is 32.6 Å². The fraction of sp³-hybridized carbons (Fsp3) is 0.833. The molecule has 1 rings (SSSR count). The van der Waals surface area contributed by atoms with Gasteiger partial charge in [-0.25, -0.2) is 4.99 Å². The van der Waals surface area contributed by atoms with Crippen molar-refractivity contribution in [3.63, 3.8) is 0 Å². The molecule has 0 fully saturated rings. The largest absolute Gasteiger partial charge is 0.382 e. The van der Waals surface area contributed by atoms with Crippen LogP contribution in [0.1, 0.15) is 45.3 Å². The minimum atomic E-state index is 0.488. The second kappa shape index (κ2) is 13.5. The summed E-state index contributed by atoms with van der Waals surface area (Å²) in [6.45, 7) is 13.4. The molecule has 1 aromatic heterocycles. The molecule has 150 valence electrons. The van der Waals surface area contributed by atoms with E-state index in [0.717, 1.165) is 70.0 Å². The Labute approximate surface area is 157 Å². The monoisotopic (exact) mass is 368 g/mol. The zero-order chi connectivity index (χ0) is 19.2. The number of hydrogen-bond donors (Lipinski definition) is 2. The summed E-state index contributed by atoms with van der Waals surface area (Å²) >= 11 is 0. The predicted molar refractivity (Wildman–Crippen MR) is 104 cm³/mol. The van der Waals surface area contributed by atoms with E-state index in [2.05, 4.69) is 39.7 Å². The normalized spacial score (nSPS) is 12.0. The maximum atomic E-state index is 5.61. The van der Waals surface area contributed by atoms with Crippen LogP contribution < -0.4 is 10.6 Å². The van der Waals surface area contributed by atoms with E-state index in [1.54, 1.807) is 0 Å². The lowest BCUT2D eigenvalue weighted by molar-refractivity contribution is 0.108. The number of ether oxygens (including phenoxy) is 2. The molecular weight excluding hydrogens is 332 g/mol. The van der Waals surface area contributed by atoms with Gasteiger partial charge in [-0.2, -0.15) is 0 Å². The standard InChI is InChI=1S/C18H36N6O2/c1-6-25-11-7-9-19-18(20-10-8-12-26-14-15(2)3)21-13-17-23-22-16(4)24(17)5/h15H,6-14H2,1-5H3,(H2,19,20,21). The molecular formula is C18H36N6O2. The van der Waals surface area contributed by atoms with Gasteiger partial charge < -0.3 is 24.7 Å². The lowest BCUT2D eigenvalue weighted by Gasteiger charge is -2.13. The first-order chi connectivity index (χ1) is 12.5. The van der Waals surface area contributed by atoms with Crippen molar-refractivity contribution in [2.45, 2.75) is 47.1 Å². The summed E-state index contributed by atoms with van der Waals surface area (Å²) < 4.78 is 12.9. The minimum Gasteiger partial charge on any atom is -0.382 e. The lowest BCUT2D eigenvalue weighted by atomic mass is 10.2. The summed E-state index contributed by atoms with van der Waals surface area (Å²) in [5.74, 6) is 3.09. The van der Waals surface area contributed by atoms with Crippen LogP contribution in [0.25, 0.3) is 0 Å². The van der Waals surface area contributed by atoms with E-state index < -0.39 is 0 Å². The Morgan fingerprint density at radius 1 is 1.12 bits per heavy atom. The smallest absolute Gasteiger partial charge is 0.191 e. The van der Waals surface area contributed by atoms with Gasteiger partial charge in [-0.1, -0.05) is 13.8 Å². The van der Waals surface area contributed by atoms with E-state index in [9.17, 15) is 0 Å². The second-order valence-electron chi connectivity index (χ2n) is 6.61. The van der Waals surface area contributed by atoms with Gasteiger partial charge in [0.2, 0.25) is 0 Å². The Bertz CT molecular complexity index is 516. The summed E-state index contributed by atoms with van der Waals surface area (Å²) in [5, 5.41) is 14.9. The Hall–Kier alpha value is -1.67. The number of nitrogens with zero attached hydrogens (tertiary/aromatic N) is 4. The van der Waals surface area contributed by atoms with Gasteiger partial charge in [0.1, 0.15) is 12.4 Å². The molecule has 0 aromatic carbocycles. The van der Waals surface area contributed by atoms with Crippen molar-refractivity contribution in [2.75, 3.05) is 39.5 Å². The van der Waals surface area contributed by atoms with Crippen LogP contribution in [0.2, 0.25) is 0 Å². The average molecular weight is 369 g/mol. The summed E-state index contributed by atoms with van der Waals surface area (Å²) in [5.41, 5.74) is 0. The number of guanidine groups is 1. The highest BCUT2D eigenvalue weighted by atomic mass is 16.5. The van der Waals surface area contributed by atoms with Crippen molar-refractivity contribution in [1.29, 1.82) is 0 Å². The summed E-state index contributed by atoms with van der Waals surface area (Å²) in [6.07, 6.45) is 1.88. The zero-order valence-corrected chi connectivity index (χ0v) is 17.0. The molecule has 0 atom stereocenters. The first-order valence-corrected chi connectivity index (χ1v) is 9.57. The molecule has 0 saturated heterocycles. The minimum absolute atomic E-state index is 0.488. The van der Waals surface area contributed by atoms with Gasteiger partial charge in [0, 0.05) is 46.6 Å². The maximum Gasteiger partial charge on any atom is 0.191 e. The molecule has 0 saturated carbocycles. The molecule has 0 unspecified atom stereocenters. The highest BCUT2D eigenvalue weighted by Crippen LogP contribution is 1.99. The Morgan fingerprint density at radius 2 is 1.77 bits per heavy atom. The third-order valence-corrected chi connectivity index (χ3v) is 3.73. The molecule has 0 aliphatic carbocycles. The van der Waals surface area contributed by atoms with Crippen LogP contribution in [0, 0.1) is 12.8 Å². The quantitative estimate of drug-likeness (QED) is 0.313. The Balaban J connectivity index is 2.41. The zero-order valence-electron chi connectivity index (χ0n) is 17.0. The van der Waals surface area contributed by atoms with Gasteiger partial charge in [0.15, 0.2) is 11.8 Å². The molecule has 0 spiro atoms. The lowest BCUT2D eigenvalue weighted by Crippen LogP contribution is -2.39. The van der Waals surface area contributed by atoms with Crippen molar-refractivity contribution in [1.82, 2.24) is 25.4 Å². The fourth-order valence-electron chi connectivity index (χ4n) is 2.14. The molecule has 0 bridgehead atoms. The molecule has 8 heteroatoms. The van der Waals surface area contributed by atoms with Crippen molar-refractivity contribution in [2.24, 2.45) is 18.0 Å². The van der Waals surface area contributed by atoms with Gasteiger partial charge in [-0.3, -0.25) is 0 Å². The van der Waals surface area contributed by atoms with Crippen LogP contribution in [-0.4, -0.2) is 60.2 Å². The molecule has 0 aliphatic rings. The van der Waals surface area contributed by atoms with Crippen LogP contribution in [0.4, 0.5) is 0 Å². The number of aliphatic imine (C=N–C) groups is 1. The van der Waals surface area contributed by atoms with Crippen molar-refractivity contribution in [3.05, 3.63) is 11.6 Å².